The number of hydrogen-bond acceptors (Lipinski definition) is 3. The topological polar surface area (TPSA) is 61.3 Å². The van der Waals surface area contributed by atoms with Gasteiger partial charge in [-0.25, -0.2) is 0 Å². The lowest BCUT2D eigenvalue weighted by Gasteiger charge is -2.08. The Balaban J connectivity index is 0. The largest absolute Gasteiger partial charge is 0.495 e. The quantitative estimate of drug-likeness (QED) is 0.774. The van der Waals surface area contributed by atoms with E-state index in [0.717, 1.165) is 11.1 Å². The third kappa shape index (κ3) is 3.25. The van der Waals surface area contributed by atoms with Crippen LogP contribution < -0.4 is 16.2 Å². The Bertz CT molecular complexity index is 267. The standard InChI is InChI=1S/C9H14N2O.2ClH/c1-6-3-8(11)9(12-2)4-7(6)5-10;;/h3-4H,5,10-11H2,1-2H3;2*1H. The Morgan fingerprint density at radius 1 is 1.29 bits per heavy atom. The molecular formula is C9H16Cl2N2O. The molecule has 3 nitrogen and oxygen atoms in total. The molecule has 0 aromatic heterocycles. The van der Waals surface area contributed by atoms with Gasteiger partial charge in [-0.15, -0.1) is 24.8 Å². The number of benzene rings is 1. The van der Waals surface area contributed by atoms with Crippen molar-refractivity contribution in [1.29, 1.82) is 0 Å². The van der Waals surface area contributed by atoms with E-state index in [4.69, 9.17) is 16.2 Å². The first kappa shape index (κ1) is 15.8. The molecule has 0 heterocycles. The van der Waals surface area contributed by atoms with Gasteiger partial charge in [-0.1, -0.05) is 0 Å². The molecule has 0 saturated carbocycles. The summed E-state index contributed by atoms with van der Waals surface area (Å²) >= 11 is 0. The van der Waals surface area contributed by atoms with Gasteiger partial charge in [0.1, 0.15) is 5.75 Å². The Morgan fingerprint density at radius 3 is 2.29 bits per heavy atom. The van der Waals surface area contributed by atoms with Crippen molar-refractivity contribution in [3.8, 4) is 5.75 Å². The van der Waals surface area contributed by atoms with Crippen molar-refractivity contribution in [1.82, 2.24) is 0 Å². The number of methoxy groups -OCH3 is 1. The summed E-state index contributed by atoms with van der Waals surface area (Å²) in [5, 5.41) is 0. The highest BCUT2D eigenvalue weighted by molar-refractivity contribution is 5.85. The minimum Gasteiger partial charge on any atom is -0.495 e. The fourth-order valence-electron chi connectivity index (χ4n) is 1.15. The lowest BCUT2D eigenvalue weighted by atomic mass is 10.1. The molecule has 14 heavy (non-hydrogen) atoms. The number of nitrogen functional groups attached to an aromatic ring is 1. The molecule has 0 radical (unpaired) electrons. The van der Waals surface area contributed by atoms with Crippen molar-refractivity contribution >= 4 is 30.5 Å². The van der Waals surface area contributed by atoms with E-state index >= 15 is 0 Å². The molecule has 0 saturated heterocycles. The molecule has 0 aliphatic rings. The van der Waals surface area contributed by atoms with Gasteiger partial charge in [-0.05, 0) is 30.2 Å². The van der Waals surface area contributed by atoms with E-state index in [0.29, 0.717) is 18.0 Å². The van der Waals surface area contributed by atoms with Crippen LogP contribution in [0.1, 0.15) is 11.1 Å². The van der Waals surface area contributed by atoms with Gasteiger partial charge in [0.15, 0.2) is 0 Å². The van der Waals surface area contributed by atoms with Crippen molar-refractivity contribution in [3.63, 3.8) is 0 Å². The Labute approximate surface area is 96.6 Å². The maximum Gasteiger partial charge on any atom is 0.142 e. The van der Waals surface area contributed by atoms with Crippen molar-refractivity contribution in [2.75, 3.05) is 12.8 Å². The van der Waals surface area contributed by atoms with E-state index < -0.39 is 0 Å². The summed E-state index contributed by atoms with van der Waals surface area (Å²) in [5.41, 5.74) is 14.1. The van der Waals surface area contributed by atoms with Gasteiger partial charge in [-0.2, -0.15) is 0 Å². The second kappa shape index (κ2) is 6.76. The third-order valence-corrected chi connectivity index (χ3v) is 1.91. The summed E-state index contributed by atoms with van der Waals surface area (Å²) in [4.78, 5) is 0. The number of anilines is 1. The molecule has 5 heteroatoms. The van der Waals surface area contributed by atoms with Gasteiger partial charge in [0.2, 0.25) is 0 Å². The van der Waals surface area contributed by atoms with Gasteiger partial charge in [-0.3, -0.25) is 0 Å². The monoisotopic (exact) mass is 238 g/mol. The highest BCUT2D eigenvalue weighted by Gasteiger charge is 2.03. The van der Waals surface area contributed by atoms with Crippen LogP contribution in [0.2, 0.25) is 0 Å². The van der Waals surface area contributed by atoms with E-state index in [1.54, 1.807) is 7.11 Å². The maximum absolute atomic E-state index is 5.69. The van der Waals surface area contributed by atoms with E-state index in [1.807, 2.05) is 19.1 Å². The van der Waals surface area contributed by atoms with Gasteiger partial charge in [0.25, 0.3) is 0 Å². The van der Waals surface area contributed by atoms with E-state index in [1.165, 1.54) is 0 Å². The van der Waals surface area contributed by atoms with Crippen molar-refractivity contribution in [2.24, 2.45) is 5.73 Å². The van der Waals surface area contributed by atoms with Gasteiger partial charge in [0.05, 0.1) is 12.8 Å². The van der Waals surface area contributed by atoms with Gasteiger partial charge in [0, 0.05) is 6.54 Å². The number of halogens is 2. The number of hydrogen-bond donors (Lipinski definition) is 2. The van der Waals surface area contributed by atoms with Crippen LogP contribution in [0, 0.1) is 6.92 Å². The zero-order valence-electron chi connectivity index (χ0n) is 8.24. The van der Waals surface area contributed by atoms with Crippen molar-refractivity contribution in [3.05, 3.63) is 23.3 Å². The van der Waals surface area contributed by atoms with Crippen LogP contribution in [0.15, 0.2) is 12.1 Å². The zero-order chi connectivity index (χ0) is 9.14. The lowest BCUT2D eigenvalue weighted by molar-refractivity contribution is 0.416. The van der Waals surface area contributed by atoms with Crippen LogP contribution in [-0.4, -0.2) is 7.11 Å². The fourth-order valence-corrected chi connectivity index (χ4v) is 1.15. The Kier molecular flexibility index (Phi) is 7.64. The maximum atomic E-state index is 5.69. The summed E-state index contributed by atoms with van der Waals surface area (Å²) in [7, 11) is 1.60. The summed E-state index contributed by atoms with van der Waals surface area (Å²) in [6, 6.07) is 3.76. The zero-order valence-corrected chi connectivity index (χ0v) is 9.87. The molecule has 0 aliphatic heterocycles. The average Bonchev–Trinajstić information content (AvgIpc) is 2.05. The molecule has 1 aromatic carbocycles. The van der Waals surface area contributed by atoms with E-state index in [9.17, 15) is 0 Å². The first-order chi connectivity index (χ1) is 5.69. The minimum atomic E-state index is 0. The SMILES string of the molecule is COc1cc(CN)c(C)cc1N.Cl.Cl. The van der Waals surface area contributed by atoms with Gasteiger partial charge >= 0.3 is 0 Å². The smallest absolute Gasteiger partial charge is 0.142 e. The molecule has 0 amide bonds. The van der Waals surface area contributed by atoms with Crippen LogP contribution in [0.5, 0.6) is 5.75 Å². The summed E-state index contributed by atoms with van der Waals surface area (Å²) < 4.78 is 5.06. The van der Waals surface area contributed by atoms with Crippen LogP contribution in [0.3, 0.4) is 0 Å². The van der Waals surface area contributed by atoms with Crippen LogP contribution in [-0.2, 0) is 6.54 Å². The van der Waals surface area contributed by atoms with Crippen LogP contribution in [0.4, 0.5) is 5.69 Å². The molecule has 0 unspecified atom stereocenters. The number of nitrogens with two attached hydrogens (primary N) is 2. The molecule has 0 aliphatic carbocycles. The molecule has 4 N–H and O–H groups in total. The summed E-state index contributed by atoms with van der Waals surface area (Å²) in [6.07, 6.45) is 0. The molecule has 0 spiro atoms. The van der Waals surface area contributed by atoms with E-state index in [2.05, 4.69) is 0 Å². The van der Waals surface area contributed by atoms with Crippen LogP contribution >= 0.6 is 24.8 Å². The third-order valence-electron chi connectivity index (χ3n) is 1.91. The first-order valence-electron chi connectivity index (χ1n) is 3.82. The molecule has 1 aromatic rings. The molecule has 0 bridgehead atoms. The molecule has 82 valence electrons. The lowest BCUT2D eigenvalue weighted by Crippen LogP contribution is -2.01. The Hall–Kier alpha value is -0.640. The van der Waals surface area contributed by atoms with E-state index in [-0.39, 0.29) is 24.8 Å². The molecular weight excluding hydrogens is 223 g/mol. The van der Waals surface area contributed by atoms with Gasteiger partial charge < -0.3 is 16.2 Å². The minimum absolute atomic E-state index is 0. The molecule has 1 rings (SSSR count). The average molecular weight is 239 g/mol. The summed E-state index contributed by atoms with van der Waals surface area (Å²) in [6.45, 7) is 2.50. The highest BCUT2D eigenvalue weighted by Crippen LogP contribution is 2.24. The van der Waals surface area contributed by atoms with Crippen molar-refractivity contribution in [2.45, 2.75) is 13.5 Å². The second-order valence-electron chi connectivity index (χ2n) is 2.72. The predicted molar refractivity (Wildman–Crippen MR) is 64.5 cm³/mol. The molecule has 0 atom stereocenters. The summed E-state index contributed by atoms with van der Waals surface area (Å²) in [5.74, 6) is 0.695. The van der Waals surface area contributed by atoms with Crippen molar-refractivity contribution < 1.29 is 4.74 Å². The highest BCUT2D eigenvalue weighted by atomic mass is 35.5. The number of rotatable bonds is 2. The molecule has 0 fully saturated rings. The second-order valence-corrected chi connectivity index (χ2v) is 2.72. The number of aryl methyl sites for hydroxylation is 1. The first-order valence-corrected chi connectivity index (χ1v) is 3.82. The van der Waals surface area contributed by atoms with Crippen LogP contribution in [0.25, 0.3) is 0 Å². The predicted octanol–water partition coefficient (Wildman–Crippen LogP) is 1.89. The number of ether oxygens (including phenoxy) is 1. The normalized spacial score (nSPS) is 8.50. The fraction of sp³-hybridized carbons (Fsp3) is 0.333. The Morgan fingerprint density at radius 2 is 1.86 bits per heavy atom.